The lowest BCUT2D eigenvalue weighted by molar-refractivity contribution is -0.138. The van der Waals surface area contributed by atoms with E-state index in [2.05, 4.69) is 11.6 Å². The maximum atomic E-state index is 14.5. The molecule has 0 bridgehead atoms. The van der Waals surface area contributed by atoms with Crippen LogP contribution in [0.3, 0.4) is 0 Å². The number of hydrogen-bond acceptors (Lipinski definition) is 11. The van der Waals surface area contributed by atoms with E-state index in [-0.39, 0.29) is 28.6 Å². The summed E-state index contributed by atoms with van der Waals surface area (Å²) >= 11 is 1.13. The fraction of sp³-hybridized carbons (Fsp3) is 0.184. The maximum Gasteiger partial charge on any atom is 0.338 e. The van der Waals surface area contributed by atoms with Gasteiger partial charge in [0.25, 0.3) is 5.56 Å². The van der Waals surface area contributed by atoms with Crippen molar-refractivity contribution in [1.29, 1.82) is 0 Å². The highest BCUT2D eigenvalue weighted by Crippen LogP contribution is 2.36. The van der Waals surface area contributed by atoms with Gasteiger partial charge in [-0.25, -0.2) is 27.2 Å². The van der Waals surface area contributed by atoms with Gasteiger partial charge in [0, 0.05) is 38.3 Å². The number of fused-ring (bicyclic) bond motifs is 1. The van der Waals surface area contributed by atoms with Gasteiger partial charge in [0.1, 0.15) is 6.61 Å². The highest BCUT2D eigenvalue weighted by Gasteiger charge is 2.34. The lowest BCUT2D eigenvalue weighted by Gasteiger charge is -2.25. The molecule has 13 nitrogen and oxygen atoms in total. The number of carbonyl (C=O) groups is 2. The zero-order chi connectivity index (χ0) is 38.0. The predicted molar refractivity (Wildman–Crippen MR) is 199 cm³/mol. The summed E-state index contributed by atoms with van der Waals surface area (Å²) in [6, 6.07) is 19.6. The number of aromatic nitrogens is 3. The van der Waals surface area contributed by atoms with Gasteiger partial charge >= 0.3 is 11.9 Å². The summed E-state index contributed by atoms with van der Waals surface area (Å²) in [6.45, 7) is 6.51. The molecule has 0 aliphatic carbocycles. The molecule has 0 radical (unpaired) electrons. The molecule has 5 aromatic rings. The van der Waals surface area contributed by atoms with E-state index in [0.29, 0.717) is 37.4 Å². The van der Waals surface area contributed by atoms with Crippen LogP contribution in [0.2, 0.25) is 0 Å². The largest absolute Gasteiger partial charge is 0.493 e. The smallest absolute Gasteiger partial charge is 0.338 e. The third-order valence-corrected chi connectivity index (χ3v) is 11.1. The van der Waals surface area contributed by atoms with Gasteiger partial charge in [0.15, 0.2) is 16.3 Å². The number of para-hydroxylation sites is 1. The third-order valence-electron chi connectivity index (χ3n) is 8.29. The number of benzene rings is 3. The zero-order valence-electron chi connectivity index (χ0n) is 29.5. The van der Waals surface area contributed by atoms with E-state index in [1.165, 1.54) is 57.0 Å². The van der Waals surface area contributed by atoms with Crippen molar-refractivity contribution in [3.8, 4) is 28.4 Å². The van der Waals surface area contributed by atoms with Crippen molar-refractivity contribution in [3.63, 3.8) is 0 Å². The predicted octanol–water partition coefficient (Wildman–Crippen LogP) is 4.00. The highest BCUT2D eigenvalue weighted by atomic mass is 32.2. The molecule has 2 aromatic heterocycles. The first kappa shape index (κ1) is 36.9. The zero-order valence-corrected chi connectivity index (χ0v) is 31.1. The maximum absolute atomic E-state index is 14.5. The van der Waals surface area contributed by atoms with E-state index < -0.39 is 33.6 Å². The SMILES string of the molecule is C=CCOC(=O)C1=C(C)N=c2s/c(=C\c3cn(-c4ccccc4)nc3-c3ccc(S(=O)(=O)N(C)C)cc3)c(=O)n2C1c1ccc(OC(C)=O)c(OC)c1. The fourth-order valence-corrected chi connectivity index (χ4v) is 7.71. The van der Waals surface area contributed by atoms with Gasteiger partial charge in [0.05, 0.1) is 45.2 Å². The van der Waals surface area contributed by atoms with Gasteiger partial charge in [-0.1, -0.05) is 60.4 Å². The van der Waals surface area contributed by atoms with Crippen LogP contribution < -0.4 is 24.4 Å². The quantitative estimate of drug-likeness (QED) is 0.111. The number of nitrogens with zero attached hydrogens (tertiary/aromatic N) is 5. The van der Waals surface area contributed by atoms with Crippen LogP contribution in [0.4, 0.5) is 0 Å². The fourth-order valence-electron chi connectivity index (χ4n) is 5.77. The second-order valence-electron chi connectivity index (χ2n) is 12.0. The van der Waals surface area contributed by atoms with Gasteiger partial charge in [-0.3, -0.25) is 14.2 Å². The lowest BCUT2D eigenvalue weighted by Crippen LogP contribution is -2.40. The normalized spacial score (nSPS) is 14.5. The first-order chi connectivity index (χ1) is 25.3. The Morgan fingerprint density at radius 3 is 2.40 bits per heavy atom. The van der Waals surface area contributed by atoms with Crippen molar-refractivity contribution in [2.45, 2.75) is 24.8 Å². The molecule has 53 heavy (non-hydrogen) atoms. The van der Waals surface area contributed by atoms with Gasteiger partial charge < -0.3 is 14.2 Å². The second-order valence-corrected chi connectivity index (χ2v) is 15.2. The van der Waals surface area contributed by atoms with Crippen LogP contribution in [-0.4, -0.2) is 66.8 Å². The number of carbonyl (C=O) groups excluding carboxylic acids is 2. The minimum atomic E-state index is -3.67. The molecule has 0 saturated heterocycles. The molecular formula is C38H35N5O8S2. The van der Waals surface area contributed by atoms with Crippen molar-refractivity contribution in [2.24, 2.45) is 4.99 Å². The van der Waals surface area contributed by atoms with Crippen molar-refractivity contribution in [1.82, 2.24) is 18.7 Å². The van der Waals surface area contributed by atoms with Crippen LogP contribution >= 0.6 is 11.3 Å². The van der Waals surface area contributed by atoms with Crippen LogP contribution in [0.25, 0.3) is 23.0 Å². The second kappa shape index (κ2) is 15.0. The molecule has 1 atom stereocenters. The number of hydrogen-bond donors (Lipinski definition) is 0. The minimum Gasteiger partial charge on any atom is -0.493 e. The summed E-state index contributed by atoms with van der Waals surface area (Å²) in [5.74, 6) is -0.837. The molecule has 6 rings (SSSR count). The number of allylic oxidation sites excluding steroid dienone is 1. The van der Waals surface area contributed by atoms with Crippen molar-refractivity contribution in [2.75, 3.05) is 27.8 Å². The average Bonchev–Trinajstić information content (AvgIpc) is 3.70. The van der Waals surface area contributed by atoms with Crippen LogP contribution in [0, 0.1) is 0 Å². The third kappa shape index (κ3) is 7.26. The summed E-state index contributed by atoms with van der Waals surface area (Å²) in [5, 5.41) is 4.84. The summed E-state index contributed by atoms with van der Waals surface area (Å²) in [7, 11) is 0.681. The Labute approximate surface area is 309 Å². The molecule has 1 unspecified atom stereocenters. The number of methoxy groups -OCH3 is 1. The monoisotopic (exact) mass is 753 g/mol. The van der Waals surface area contributed by atoms with Crippen LogP contribution in [0.1, 0.15) is 31.0 Å². The molecule has 272 valence electrons. The van der Waals surface area contributed by atoms with E-state index in [1.807, 2.05) is 30.3 Å². The van der Waals surface area contributed by atoms with E-state index in [9.17, 15) is 22.8 Å². The molecule has 1 aliphatic rings. The summed E-state index contributed by atoms with van der Waals surface area (Å²) < 4.78 is 46.3. The molecular weight excluding hydrogens is 719 g/mol. The number of rotatable bonds is 11. The van der Waals surface area contributed by atoms with Crippen LogP contribution in [0.15, 0.2) is 118 Å². The van der Waals surface area contributed by atoms with E-state index in [4.69, 9.17) is 19.3 Å². The Hall–Kier alpha value is -5.90. The van der Waals surface area contributed by atoms with Crippen LogP contribution in [-0.2, 0) is 24.3 Å². The summed E-state index contributed by atoms with van der Waals surface area (Å²) in [5.41, 5.74) is 3.00. The Balaban J connectivity index is 1.54. The first-order valence-electron chi connectivity index (χ1n) is 16.2. The Bertz CT molecular complexity index is 2570. The summed E-state index contributed by atoms with van der Waals surface area (Å²) in [6.07, 6.45) is 4.93. The van der Waals surface area contributed by atoms with E-state index >= 15 is 0 Å². The van der Waals surface area contributed by atoms with Crippen molar-refractivity contribution < 1.29 is 32.2 Å². The van der Waals surface area contributed by atoms with E-state index in [1.54, 1.807) is 48.1 Å². The number of sulfonamides is 1. The van der Waals surface area contributed by atoms with Gasteiger partial charge in [-0.05, 0) is 55.0 Å². The van der Waals surface area contributed by atoms with Gasteiger partial charge in [0.2, 0.25) is 10.0 Å². The molecule has 3 heterocycles. The van der Waals surface area contributed by atoms with Crippen molar-refractivity contribution >= 4 is 39.4 Å². The van der Waals surface area contributed by atoms with E-state index in [0.717, 1.165) is 21.3 Å². The van der Waals surface area contributed by atoms with Gasteiger partial charge in [-0.2, -0.15) is 5.10 Å². The lowest BCUT2D eigenvalue weighted by atomic mass is 9.95. The number of esters is 2. The average molecular weight is 754 g/mol. The number of ether oxygens (including phenoxy) is 3. The van der Waals surface area contributed by atoms with Gasteiger partial charge in [-0.15, -0.1) is 0 Å². The molecule has 0 N–H and O–H groups in total. The molecule has 15 heteroatoms. The topological polar surface area (TPSA) is 151 Å². The molecule has 1 aliphatic heterocycles. The number of thiazole rings is 1. The molecule has 0 fully saturated rings. The van der Waals surface area contributed by atoms with Crippen molar-refractivity contribution in [3.05, 3.63) is 134 Å². The standard InChI is InChI=1S/C38H35N5O8S2/c1-7-19-50-37(46)33-23(2)39-38-43(35(33)26-15-18-30(51-24(3)44)31(20-26)49-6)36(45)32(52-38)21-27-22-42(28-11-9-8-10-12-28)40-34(27)25-13-16-29(17-14-25)53(47,48)41(4)5/h7-18,20-22,35H,1,19H2,2-6H3/b32-21-. The first-order valence-corrected chi connectivity index (χ1v) is 18.4. The van der Waals surface area contributed by atoms with Crippen LogP contribution in [0.5, 0.6) is 11.5 Å². The Kier molecular flexibility index (Phi) is 10.4. The molecule has 0 spiro atoms. The highest BCUT2D eigenvalue weighted by molar-refractivity contribution is 7.89. The summed E-state index contributed by atoms with van der Waals surface area (Å²) in [4.78, 5) is 44.9. The molecule has 0 amide bonds. The Morgan fingerprint density at radius 2 is 1.75 bits per heavy atom. The minimum absolute atomic E-state index is 0.0578. The Morgan fingerprint density at radius 1 is 1.04 bits per heavy atom. The molecule has 0 saturated carbocycles. The molecule has 3 aromatic carbocycles.